The van der Waals surface area contributed by atoms with Gasteiger partial charge in [0.25, 0.3) is 0 Å². The second-order valence-corrected chi connectivity index (χ2v) is 6.11. The smallest absolute Gasteiger partial charge is 0.143 e. The van der Waals surface area contributed by atoms with Gasteiger partial charge in [-0.05, 0) is 46.3 Å². The molecular formula is C22H16O. The SMILES string of the molecule is CCc1ccc2c(ccc3c2ccc2c4ccccc4oc23)c1. The zero-order valence-electron chi connectivity index (χ0n) is 13.0. The Hall–Kier alpha value is -2.80. The molecule has 0 radical (unpaired) electrons. The topological polar surface area (TPSA) is 13.1 Å². The first-order chi connectivity index (χ1) is 11.3. The van der Waals surface area contributed by atoms with Crippen LogP contribution in [0.15, 0.2) is 71.1 Å². The number of para-hydroxylation sites is 1. The third-order valence-electron chi connectivity index (χ3n) is 4.83. The minimum Gasteiger partial charge on any atom is -0.455 e. The summed E-state index contributed by atoms with van der Waals surface area (Å²) in [7, 11) is 0. The van der Waals surface area contributed by atoms with E-state index in [-0.39, 0.29) is 0 Å². The maximum absolute atomic E-state index is 6.16. The van der Waals surface area contributed by atoms with E-state index in [1.807, 2.05) is 12.1 Å². The molecule has 0 fully saturated rings. The maximum Gasteiger partial charge on any atom is 0.143 e. The van der Waals surface area contributed by atoms with E-state index < -0.39 is 0 Å². The van der Waals surface area contributed by atoms with E-state index in [0.717, 1.165) is 17.6 Å². The van der Waals surface area contributed by atoms with Gasteiger partial charge in [-0.1, -0.05) is 55.5 Å². The van der Waals surface area contributed by atoms with Crippen LogP contribution in [0.2, 0.25) is 0 Å². The van der Waals surface area contributed by atoms with E-state index in [0.29, 0.717) is 0 Å². The maximum atomic E-state index is 6.16. The molecule has 1 nitrogen and oxygen atoms in total. The van der Waals surface area contributed by atoms with Crippen molar-refractivity contribution < 1.29 is 4.42 Å². The fourth-order valence-corrected chi connectivity index (χ4v) is 3.60. The molecular weight excluding hydrogens is 280 g/mol. The van der Waals surface area contributed by atoms with Crippen molar-refractivity contribution in [1.29, 1.82) is 0 Å². The molecule has 1 heterocycles. The fraction of sp³-hybridized carbons (Fsp3) is 0.0909. The first-order valence-corrected chi connectivity index (χ1v) is 8.11. The summed E-state index contributed by atoms with van der Waals surface area (Å²) < 4.78 is 6.16. The number of hydrogen-bond donors (Lipinski definition) is 0. The van der Waals surface area contributed by atoms with Gasteiger partial charge < -0.3 is 4.42 Å². The summed E-state index contributed by atoms with van der Waals surface area (Å²) in [5.74, 6) is 0. The standard InChI is InChI=1S/C22H16O/c1-2-14-7-9-16-15(13-14)8-10-19-17(16)11-12-20-18-5-3-4-6-21(18)23-22(19)20/h3-13H,2H2,1H3. The van der Waals surface area contributed by atoms with Gasteiger partial charge in [-0.3, -0.25) is 0 Å². The van der Waals surface area contributed by atoms with E-state index in [9.17, 15) is 0 Å². The monoisotopic (exact) mass is 296 g/mol. The van der Waals surface area contributed by atoms with Gasteiger partial charge in [-0.25, -0.2) is 0 Å². The molecule has 4 aromatic carbocycles. The van der Waals surface area contributed by atoms with Crippen molar-refractivity contribution in [3.63, 3.8) is 0 Å². The van der Waals surface area contributed by atoms with Gasteiger partial charge in [0.05, 0.1) is 0 Å². The van der Waals surface area contributed by atoms with Crippen LogP contribution < -0.4 is 0 Å². The van der Waals surface area contributed by atoms with Gasteiger partial charge in [0.1, 0.15) is 11.2 Å². The van der Waals surface area contributed by atoms with Crippen LogP contribution in [0, 0.1) is 0 Å². The minimum absolute atomic E-state index is 0.955. The van der Waals surface area contributed by atoms with Crippen molar-refractivity contribution in [3.05, 3.63) is 72.3 Å². The highest BCUT2D eigenvalue weighted by Gasteiger charge is 2.11. The van der Waals surface area contributed by atoms with Gasteiger partial charge in [0, 0.05) is 16.2 Å². The Morgan fingerprint density at radius 1 is 0.696 bits per heavy atom. The Morgan fingerprint density at radius 3 is 2.35 bits per heavy atom. The lowest BCUT2D eigenvalue weighted by atomic mass is 9.98. The third-order valence-corrected chi connectivity index (χ3v) is 4.83. The van der Waals surface area contributed by atoms with Gasteiger partial charge in [-0.2, -0.15) is 0 Å². The Labute approximate surface area is 134 Å². The molecule has 110 valence electrons. The summed E-state index contributed by atoms with van der Waals surface area (Å²) in [4.78, 5) is 0. The molecule has 5 rings (SSSR count). The highest BCUT2D eigenvalue weighted by molar-refractivity contribution is 6.20. The lowest BCUT2D eigenvalue weighted by molar-refractivity contribution is 0.672. The van der Waals surface area contributed by atoms with Crippen LogP contribution in [0.4, 0.5) is 0 Å². The fourth-order valence-electron chi connectivity index (χ4n) is 3.60. The predicted octanol–water partition coefficient (Wildman–Crippen LogP) is 6.45. The molecule has 0 saturated carbocycles. The van der Waals surface area contributed by atoms with Crippen LogP contribution in [0.1, 0.15) is 12.5 Å². The van der Waals surface area contributed by atoms with Crippen molar-refractivity contribution in [3.8, 4) is 0 Å². The van der Waals surface area contributed by atoms with Crippen LogP contribution >= 0.6 is 0 Å². The molecule has 0 aliphatic rings. The average molecular weight is 296 g/mol. The average Bonchev–Trinajstić information content (AvgIpc) is 2.99. The first-order valence-electron chi connectivity index (χ1n) is 8.11. The second-order valence-electron chi connectivity index (χ2n) is 6.11. The largest absolute Gasteiger partial charge is 0.455 e. The molecule has 1 heteroatoms. The molecule has 0 aliphatic heterocycles. The number of fused-ring (bicyclic) bond motifs is 7. The summed E-state index contributed by atoms with van der Waals surface area (Å²) in [6.45, 7) is 2.19. The van der Waals surface area contributed by atoms with Crippen LogP contribution in [0.3, 0.4) is 0 Å². The lowest BCUT2D eigenvalue weighted by Gasteiger charge is -2.06. The van der Waals surface area contributed by atoms with E-state index in [1.54, 1.807) is 0 Å². The Morgan fingerprint density at radius 2 is 1.43 bits per heavy atom. The first kappa shape index (κ1) is 12.7. The van der Waals surface area contributed by atoms with Gasteiger partial charge >= 0.3 is 0 Å². The lowest BCUT2D eigenvalue weighted by Crippen LogP contribution is -1.82. The number of hydrogen-bond acceptors (Lipinski definition) is 1. The molecule has 0 amide bonds. The van der Waals surface area contributed by atoms with E-state index in [1.165, 1.54) is 37.9 Å². The molecule has 23 heavy (non-hydrogen) atoms. The Kier molecular flexibility index (Phi) is 2.54. The van der Waals surface area contributed by atoms with Crippen molar-refractivity contribution in [2.45, 2.75) is 13.3 Å². The predicted molar refractivity (Wildman–Crippen MR) is 98.1 cm³/mol. The van der Waals surface area contributed by atoms with Gasteiger partial charge in [0.2, 0.25) is 0 Å². The molecule has 0 N–H and O–H groups in total. The number of benzene rings is 4. The molecule has 0 atom stereocenters. The van der Waals surface area contributed by atoms with Crippen molar-refractivity contribution >= 4 is 43.5 Å². The van der Waals surface area contributed by atoms with E-state index in [2.05, 4.69) is 61.5 Å². The zero-order valence-corrected chi connectivity index (χ0v) is 13.0. The molecule has 0 spiro atoms. The normalized spacial score (nSPS) is 11.9. The summed E-state index contributed by atoms with van der Waals surface area (Å²) in [5.41, 5.74) is 3.32. The zero-order chi connectivity index (χ0) is 15.4. The molecule has 1 aromatic heterocycles. The van der Waals surface area contributed by atoms with Crippen molar-refractivity contribution in [1.82, 2.24) is 0 Å². The highest BCUT2D eigenvalue weighted by atomic mass is 16.3. The number of furan rings is 1. The Bertz CT molecular complexity index is 1190. The van der Waals surface area contributed by atoms with Crippen molar-refractivity contribution in [2.24, 2.45) is 0 Å². The van der Waals surface area contributed by atoms with Crippen LogP contribution in [0.25, 0.3) is 43.5 Å². The van der Waals surface area contributed by atoms with Gasteiger partial charge in [0.15, 0.2) is 0 Å². The van der Waals surface area contributed by atoms with Crippen molar-refractivity contribution in [2.75, 3.05) is 0 Å². The quantitative estimate of drug-likeness (QED) is 0.324. The highest BCUT2D eigenvalue weighted by Crippen LogP contribution is 2.36. The number of rotatable bonds is 1. The summed E-state index contributed by atoms with van der Waals surface area (Å²) >= 11 is 0. The van der Waals surface area contributed by atoms with Gasteiger partial charge in [-0.15, -0.1) is 0 Å². The van der Waals surface area contributed by atoms with Crippen LogP contribution in [0.5, 0.6) is 0 Å². The summed E-state index contributed by atoms with van der Waals surface area (Å²) in [5, 5.41) is 7.42. The molecule has 0 aliphatic carbocycles. The van der Waals surface area contributed by atoms with E-state index >= 15 is 0 Å². The summed E-state index contributed by atoms with van der Waals surface area (Å²) in [6.07, 6.45) is 1.07. The Balaban J connectivity index is 1.96. The summed E-state index contributed by atoms with van der Waals surface area (Å²) in [6, 6.07) is 23.8. The molecule has 0 bridgehead atoms. The second kappa shape index (κ2) is 4.60. The molecule has 0 saturated heterocycles. The minimum atomic E-state index is 0.955. The number of aryl methyl sites for hydroxylation is 1. The van der Waals surface area contributed by atoms with Crippen LogP contribution in [-0.2, 0) is 6.42 Å². The van der Waals surface area contributed by atoms with E-state index in [4.69, 9.17) is 4.42 Å². The molecule has 0 unspecified atom stereocenters. The molecule has 5 aromatic rings. The third kappa shape index (κ3) is 1.74. The van der Waals surface area contributed by atoms with Crippen LogP contribution in [-0.4, -0.2) is 0 Å².